The normalized spacial score (nSPS) is 13.6. The van der Waals surface area contributed by atoms with Gasteiger partial charge < -0.3 is 9.72 Å². The molecule has 0 aliphatic heterocycles. The summed E-state index contributed by atoms with van der Waals surface area (Å²) in [6.45, 7) is 9.27. The predicted octanol–water partition coefficient (Wildman–Crippen LogP) is 6.66. The quantitative estimate of drug-likeness (QED) is 0.442. The predicted molar refractivity (Wildman–Crippen MR) is 115 cm³/mol. The molecule has 0 bridgehead atoms. The van der Waals surface area contributed by atoms with Crippen molar-refractivity contribution in [3.05, 3.63) is 34.1 Å². The summed E-state index contributed by atoms with van der Waals surface area (Å²) >= 11 is 12.5. The monoisotopic (exact) mass is 420 g/mol. The maximum atomic E-state index is 6.44. The molecule has 0 saturated heterocycles. The van der Waals surface area contributed by atoms with Crippen LogP contribution < -0.4 is 4.74 Å². The third-order valence-corrected chi connectivity index (χ3v) is 5.70. The number of hydrogen-bond donors (Lipinski definition) is 1. The molecule has 2 heterocycles. The van der Waals surface area contributed by atoms with E-state index in [0.717, 1.165) is 41.7 Å². The van der Waals surface area contributed by atoms with Crippen LogP contribution in [0.2, 0.25) is 10.0 Å². The number of rotatable bonds is 8. The first-order valence-corrected chi connectivity index (χ1v) is 10.6. The van der Waals surface area contributed by atoms with E-state index in [1.165, 1.54) is 0 Å². The van der Waals surface area contributed by atoms with Crippen LogP contribution in [0.4, 0.5) is 0 Å². The minimum atomic E-state index is 0.324. The first-order chi connectivity index (χ1) is 13.5. The molecule has 2 atom stereocenters. The number of fused-ring (bicyclic) bond motifs is 1. The van der Waals surface area contributed by atoms with Gasteiger partial charge in [-0.05, 0) is 37.0 Å². The Morgan fingerprint density at radius 1 is 1.11 bits per heavy atom. The summed E-state index contributed by atoms with van der Waals surface area (Å²) in [6.07, 6.45) is 2.97. The molecule has 2 unspecified atom stereocenters. The standard InChI is InChI=1S/C21H26Cl2N4O/c1-5-10-28-21-19-18(24-20(25-19)14(7-3)12(4)6-2)17(26-27-21)15-9-8-13(22)11-16(15)23/h8-9,11-12,14H,5-7,10H2,1-4H3,(H,24,25). The van der Waals surface area contributed by atoms with Gasteiger partial charge in [-0.3, -0.25) is 0 Å². The minimum absolute atomic E-state index is 0.324. The van der Waals surface area contributed by atoms with Gasteiger partial charge in [-0.25, -0.2) is 4.98 Å². The van der Waals surface area contributed by atoms with Gasteiger partial charge in [0.15, 0.2) is 0 Å². The Morgan fingerprint density at radius 2 is 1.89 bits per heavy atom. The summed E-state index contributed by atoms with van der Waals surface area (Å²) in [5, 5.41) is 9.80. The highest BCUT2D eigenvalue weighted by molar-refractivity contribution is 6.36. The van der Waals surface area contributed by atoms with E-state index in [-0.39, 0.29) is 0 Å². The van der Waals surface area contributed by atoms with Crippen molar-refractivity contribution in [3.8, 4) is 17.1 Å². The van der Waals surface area contributed by atoms with Gasteiger partial charge in [0.05, 0.1) is 11.6 Å². The molecule has 3 rings (SSSR count). The molecule has 0 saturated carbocycles. The summed E-state index contributed by atoms with van der Waals surface area (Å²) in [4.78, 5) is 8.40. The van der Waals surface area contributed by atoms with Crippen molar-refractivity contribution in [1.82, 2.24) is 20.2 Å². The van der Waals surface area contributed by atoms with Gasteiger partial charge >= 0.3 is 0 Å². The number of halogens is 2. The highest BCUT2D eigenvalue weighted by Crippen LogP contribution is 2.37. The zero-order valence-corrected chi connectivity index (χ0v) is 18.2. The molecule has 150 valence electrons. The van der Waals surface area contributed by atoms with Crippen LogP contribution >= 0.6 is 23.2 Å². The molecule has 0 aliphatic carbocycles. The molecular weight excluding hydrogens is 395 g/mol. The van der Waals surface area contributed by atoms with E-state index < -0.39 is 0 Å². The second-order valence-corrected chi connectivity index (χ2v) is 7.92. The Kier molecular flexibility index (Phi) is 6.78. The lowest BCUT2D eigenvalue weighted by molar-refractivity contribution is 0.305. The number of aromatic amines is 1. The Hall–Kier alpha value is -1.85. The topological polar surface area (TPSA) is 63.7 Å². The van der Waals surface area contributed by atoms with E-state index in [2.05, 4.69) is 42.9 Å². The second-order valence-electron chi connectivity index (χ2n) is 7.07. The van der Waals surface area contributed by atoms with E-state index in [9.17, 15) is 0 Å². The molecule has 1 N–H and O–H groups in total. The molecule has 3 aromatic rings. The van der Waals surface area contributed by atoms with Crippen LogP contribution in [0.1, 0.15) is 58.7 Å². The van der Waals surface area contributed by atoms with Crippen molar-refractivity contribution in [2.45, 2.75) is 52.9 Å². The summed E-state index contributed by atoms with van der Waals surface area (Å²) in [5.74, 6) is 2.25. The van der Waals surface area contributed by atoms with E-state index in [0.29, 0.717) is 40.1 Å². The number of benzene rings is 1. The molecule has 1 aromatic carbocycles. The van der Waals surface area contributed by atoms with Crippen LogP contribution in [0.3, 0.4) is 0 Å². The maximum Gasteiger partial charge on any atom is 0.259 e. The summed E-state index contributed by atoms with van der Waals surface area (Å²) in [5.41, 5.74) is 2.87. The fraction of sp³-hybridized carbons (Fsp3) is 0.476. The lowest BCUT2D eigenvalue weighted by Gasteiger charge is -2.18. The molecule has 5 nitrogen and oxygen atoms in total. The van der Waals surface area contributed by atoms with Crippen molar-refractivity contribution in [2.24, 2.45) is 5.92 Å². The molecule has 0 aliphatic rings. The molecule has 7 heteroatoms. The lowest BCUT2D eigenvalue weighted by atomic mass is 9.89. The van der Waals surface area contributed by atoms with Gasteiger partial charge in [0, 0.05) is 16.5 Å². The van der Waals surface area contributed by atoms with Crippen LogP contribution in [0.5, 0.6) is 5.88 Å². The SMILES string of the molecule is CCCOc1nnc(-c2ccc(Cl)cc2Cl)c2nc(C(CC)C(C)CC)[nH]c12. The van der Waals surface area contributed by atoms with Crippen molar-refractivity contribution in [1.29, 1.82) is 0 Å². The Labute approximate surface area is 175 Å². The van der Waals surface area contributed by atoms with Gasteiger partial charge in [0.2, 0.25) is 0 Å². The Balaban J connectivity index is 2.20. The van der Waals surface area contributed by atoms with Crippen molar-refractivity contribution < 1.29 is 4.74 Å². The van der Waals surface area contributed by atoms with Crippen LogP contribution in [0, 0.1) is 5.92 Å². The molecule has 0 radical (unpaired) electrons. The van der Waals surface area contributed by atoms with Crippen LogP contribution in [-0.4, -0.2) is 26.8 Å². The summed E-state index contributed by atoms with van der Waals surface area (Å²) in [6, 6.07) is 5.34. The first kappa shape index (κ1) is 20.9. The fourth-order valence-electron chi connectivity index (χ4n) is 3.40. The number of nitrogens with zero attached hydrogens (tertiary/aromatic N) is 3. The maximum absolute atomic E-state index is 6.44. The minimum Gasteiger partial charge on any atom is -0.475 e. The highest BCUT2D eigenvalue weighted by atomic mass is 35.5. The van der Waals surface area contributed by atoms with Crippen LogP contribution in [-0.2, 0) is 0 Å². The number of hydrogen-bond acceptors (Lipinski definition) is 4. The number of imidazole rings is 1. The van der Waals surface area contributed by atoms with Crippen LogP contribution in [0.15, 0.2) is 18.2 Å². The van der Waals surface area contributed by atoms with E-state index in [4.69, 9.17) is 32.9 Å². The second kappa shape index (κ2) is 9.10. The number of nitrogens with one attached hydrogen (secondary N) is 1. The Morgan fingerprint density at radius 3 is 2.54 bits per heavy atom. The molecule has 2 aromatic heterocycles. The fourth-order valence-corrected chi connectivity index (χ4v) is 3.90. The summed E-state index contributed by atoms with van der Waals surface area (Å²) < 4.78 is 5.82. The third kappa shape index (κ3) is 4.11. The van der Waals surface area contributed by atoms with Gasteiger partial charge in [0.1, 0.15) is 22.6 Å². The van der Waals surface area contributed by atoms with Crippen molar-refractivity contribution in [3.63, 3.8) is 0 Å². The van der Waals surface area contributed by atoms with Gasteiger partial charge in [-0.1, -0.05) is 57.3 Å². The number of H-pyrrole nitrogens is 1. The molecule has 0 amide bonds. The van der Waals surface area contributed by atoms with Gasteiger partial charge in [0.25, 0.3) is 5.88 Å². The Bertz CT molecular complexity index is 957. The zero-order chi connectivity index (χ0) is 20.3. The largest absolute Gasteiger partial charge is 0.475 e. The van der Waals surface area contributed by atoms with Gasteiger partial charge in [-0.2, -0.15) is 0 Å². The first-order valence-electron chi connectivity index (χ1n) is 9.84. The molecule has 28 heavy (non-hydrogen) atoms. The van der Waals surface area contributed by atoms with Crippen LogP contribution in [0.25, 0.3) is 22.3 Å². The third-order valence-electron chi connectivity index (χ3n) is 5.15. The molecular formula is C21H26Cl2N4O. The number of aromatic nitrogens is 4. The highest BCUT2D eigenvalue weighted by Gasteiger charge is 2.24. The smallest absolute Gasteiger partial charge is 0.259 e. The van der Waals surface area contributed by atoms with E-state index in [1.807, 2.05) is 6.07 Å². The van der Waals surface area contributed by atoms with E-state index >= 15 is 0 Å². The summed E-state index contributed by atoms with van der Waals surface area (Å²) in [7, 11) is 0. The number of ether oxygens (including phenoxy) is 1. The van der Waals surface area contributed by atoms with Crippen molar-refractivity contribution in [2.75, 3.05) is 6.61 Å². The molecule has 0 fully saturated rings. The molecule has 0 spiro atoms. The average molecular weight is 421 g/mol. The van der Waals surface area contributed by atoms with E-state index in [1.54, 1.807) is 12.1 Å². The van der Waals surface area contributed by atoms with Crippen molar-refractivity contribution >= 4 is 34.2 Å². The lowest BCUT2D eigenvalue weighted by Crippen LogP contribution is -2.09. The average Bonchev–Trinajstić information content (AvgIpc) is 3.12. The van der Waals surface area contributed by atoms with Gasteiger partial charge in [-0.15, -0.1) is 10.2 Å². The zero-order valence-electron chi connectivity index (χ0n) is 16.7.